The minimum atomic E-state index is -3.10. The van der Waals surface area contributed by atoms with Crippen LogP contribution in [-0.2, 0) is 9.84 Å². The first-order chi connectivity index (χ1) is 12.8. The quantitative estimate of drug-likeness (QED) is 0.758. The fourth-order valence-corrected chi connectivity index (χ4v) is 4.76. The summed E-state index contributed by atoms with van der Waals surface area (Å²) in [6.45, 7) is 1.50. The van der Waals surface area contributed by atoms with Crippen molar-refractivity contribution in [2.75, 3.05) is 25.2 Å². The number of hydrogen-bond donors (Lipinski definition) is 2. The van der Waals surface area contributed by atoms with Crippen molar-refractivity contribution in [3.05, 3.63) is 36.0 Å². The van der Waals surface area contributed by atoms with E-state index in [0.717, 1.165) is 5.56 Å². The van der Waals surface area contributed by atoms with Crippen molar-refractivity contribution < 1.29 is 23.1 Å². The van der Waals surface area contributed by atoms with Crippen LogP contribution in [-0.4, -0.2) is 60.5 Å². The monoisotopic (exact) mass is 393 g/mol. The molecule has 1 aliphatic rings. The molecule has 8 nitrogen and oxygen atoms in total. The molecule has 0 radical (unpaired) electrons. The Balaban J connectivity index is 1.99. The van der Waals surface area contributed by atoms with Gasteiger partial charge in [0.25, 0.3) is 5.91 Å². The zero-order valence-corrected chi connectivity index (χ0v) is 16.1. The molecule has 0 spiro atoms. The van der Waals surface area contributed by atoms with Crippen molar-refractivity contribution in [2.24, 2.45) is 0 Å². The van der Waals surface area contributed by atoms with E-state index in [9.17, 15) is 13.2 Å². The van der Waals surface area contributed by atoms with Gasteiger partial charge >= 0.3 is 0 Å². The minimum absolute atomic E-state index is 0.00589. The van der Waals surface area contributed by atoms with Gasteiger partial charge in [0, 0.05) is 11.6 Å². The van der Waals surface area contributed by atoms with E-state index in [0.29, 0.717) is 17.9 Å². The molecule has 0 unspecified atom stereocenters. The third kappa shape index (κ3) is 4.30. The summed E-state index contributed by atoms with van der Waals surface area (Å²) in [6.07, 6.45) is 0.460. The molecule has 2 atom stereocenters. The molecule has 1 aromatic heterocycles. The number of sulfone groups is 1. The summed E-state index contributed by atoms with van der Waals surface area (Å²) in [6, 6.07) is 8.20. The molecule has 1 aliphatic heterocycles. The van der Waals surface area contributed by atoms with Gasteiger partial charge in [-0.15, -0.1) is 0 Å². The lowest BCUT2D eigenvalue weighted by Gasteiger charge is -2.13. The molecule has 2 aromatic rings. The summed E-state index contributed by atoms with van der Waals surface area (Å²) in [7, 11) is -1.52. The van der Waals surface area contributed by atoms with Gasteiger partial charge in [0.1, 0.15) is 5.75 Å². The van der Waals surface area contributed by atoms with Crippen molar-refractivity contribution in [1.82, 2.24) is 15.1 Å². The molecule has 3 rings (SSSR count). The average molecular weight is 393 g/mol. The van der Waals surface area contributed by atoms with E-state index in [1.165, 1.54) is 0 Å². The van der Waals surface area contributed by atoms with Crippen LogP contribution in [0.25, 0.3) is 11.3 Å². The van der Waals surface area contributed by atoms with Crippen LogP contribution in [0, 0.1) is 0 Å². The van der Waals surface area contributed by atoms with Gasteiger partial charge in [0.05, 0.1) is 37.0 Å². The van der Waals surface area contributed by atoms with Gasteiger partial charge in [-0.3, -0.25) is 9.48 Å². The van der Waals surface area contributed by atoms with E-state index in [-0.39, 0.29) is 29.8 Å². The molecule has 1 fully saturated rings. The molecular formula is C18H23N3O5S. The maximum Gasteiger partial charge on any atom is 0.272 e. The number of benzene rings is 1. The third-order valence-electron chi connectivity index (χ3n) is 4.56. The van der Waals surface area contributed by atoms with Crippen LogP contribution in [0.2, 0.25) is 0 Å². The van der Waals surface area contributed by atoms with Crippen LogP contribution in [0.4, 0.5) is 0 Å². The lowest BCUT2D eigenvalue weighted by atomic mass is 10.1. The summed E-state index contributed by atoms with van der Waals surface area (Å²) in [5, 5.41) is 16.2. The van der Waals surface area contributed by atoms with Gasteiger partial charge in [-0.1, -0.05) is 0 Å². The summed E-state index contributed by atoms with van der Waals surface area (Å²) in [4.78, 5) is 12.4. The second kappa shape index (κ2) is 7.69. The highest BCUT2D eigenvalue weighted by Crippen LogP contribution is 2.31. The molecule has 0 bridgehead atoms. The number of hydrogen-bond acceptors (Lipinski definition) is 6. The fraction of sp³-hybridized carbons (Fsp3) is 0.444. The number of methoxy groups -OCH3 is 1. The number of carbonyl (C=O) groups excluding carboxylic acids is 1. The standard InChI is InChI=1S/C18H23N3O5S/c1-12(10-22)19-18(23)16-9-17(13-3-5-15(26-2)6-4-13)21(20-16)14-7-8-27(24,25)11-14/h3-6,9,12,14,22H,7-8,10-11H2,1-2H3,(H,19,23)/t12-,14+/m1/s1. The maximum absolute atomic E-state index is 12.4. The van der Waals surface area contributed by atoms with E-state index in [4.69, 9.17) is 9.84 Å². The van der Waals surface area contributed by atoms with E-state index < -0.39 is 21.8 Å². The Morgan fingerprint density at radius 3 is 2.67 bits per heavy atom. The Bertz CT molecular complexity index is 921. The van der Waals surface area contributed by atoms with E-state index in [1.807, 2.05) is 12.1 Å². The molecule has 2 N–H and O–H groups in total. The van der Waals surface area contributed by atoms with Gasteiger partial charge in [-0.25, -0.2) is 8.42 Å². The van der Waals surface area contributed by atoms with Crippen molar-refractivity contribution >= 4 is 15.7 Å². The molecular weight excluding hydrogens is 370 g/mol. The summed E-state index contributed by atoms with van der Waals surface area (Å²) < 4.78 is 30.6. The molecule has 27 heavy (non-hydrogen) atoms. The number of nitrogens with zero attached hydrogens (tertiary/aromatic N) is 2. The smallest absolute Gasteiger partial charge is 0.272 e. The molecule has 0 aliphatic carbocycles. The molecule has 9 heteroatoms. The van der Waals surface area contributed by atoms with E-state index in [1.54, 1.807) is 36.9 Å². The summed E-state index contributed by atoms with van der Waals surface area (Å²) >= 11 is 0. The highest BCUT2D eigenvalue weighted by atomic mass is 32.2. The van der Waals surface area contributed by atoms with Gasteiger partial charge in [0.15, 0.2) is 15.5 Å². The predicted octanol–water partition coefficient (Wildman–Crippen LogP) is 1.03. The zero-order chi connectivity index (χ0) is 19.6. The van der Waals surface area contributed by atoms with Crippen LogP contribution in [0.3, 0.4) is 0 Å². The minimum Gasteiger partial charge on any atom is -0.497 e. The Morgan fingerprint density at radius 1 is 1.41 bits per heavy atom. The molecule has 146 valence electrons. The van der Waals surface area contributed by atoms with Crippen LogP contribution >= 0.6 is 0 Å². The van der Waals surface area contributed by atoms with E-state index in [2.05, 4.69) is 10.4 Å². The normalized spacial score (nSPS) is 19.6. The van der Waals surface area contributed by atoms with Crippen molar-refractivity contribution in [2.45, 2.75) is 25.4 Å². The Labute approximate surface area is 158 Å². The van der Waals surface area contributed by atoms with E-state index >= 15 is 0 Å². The largest absolute Gasteiger partial charge is 0.497 e. The number of aliphatic hydroxyl groups is 1. The van der Waals surface area contributed by atoms with Crippen molar-refractivity contribution in [3.8, 4) is 17.0 Å². The SMILES string of the molecule is COc1ccc(-c2cc(C(=O)N[C@H](C)CO)nn2[C@H]2CCS(=O)(=O)C2)cc1. The van der Waals surface area contributed by atoms with Crippen LogP contribution in [0.1, 0.15) is 29.9 Å². The number of carbonyl (C=O) groups is 1. The third-order valence-corrected chi connectivity index (χ3v) is 6.31. The van der Waals surface area contributed by atoms with Crippen LogP contribution in [0.5, 0.6) is 5.75 Å². The number of amides is 1. The summed E-state index contributed by atoms with van der Waals surface area (Å²) in [5.74, 6) is 0.406. The number of ether oxygens (including phenoxy) is 1. The second-order valence-electron chi connectivity index (χ2n) is 6.70. The van der Waals surface area contributed by atoms with Crippen molar-refractivity contribution in [1.29, 1.82) is 0 Å². The Morgan fingerprint density at radius 2 is 2.11 bits per heavy atom. The lowest BCUT2D eigenvalue weighted by molar-refractivity contribution is 0.0916. The molecule has 1 aromatic carbocycles. The van der Waals surface area contributed by atoms with Gasteiger partial charge in [-0.2, -0.15) is 5.10 Å². The maximum atomic E-state index is 12.4. The van der Waals surface area contributed by atoms with Crippen LogP contribution in [0.15, 0.2) is 30.3 Å². The van der Waals surface area contributed by atoms with Gasteiger partial charge in [-0.05, 0) is 43.7 Å². The molecule has 0 saturated carbocycles. The highest BCUT2D eigenvalue weighted by molar-refractivity contribution is 7.91. The Hall–Kier alpha value is -2.39. The first-order valence-corrected chi connectivity index (χ1v) is 10.5. The molecule has 1 amide bonds. The summed E-state index contributed by atoms with van der Waals surface area (Å²) in [5.41, 5.74) is 1.66. The molecule has 2 heterocycles. The average Bonchev–Trinajstić information content (AvgIpc) is 3.25. The van der Waals surface area contributed by atoms with Gasteiger partial charge in [0.2, 0.25) is 0 Å². The molecule has 1 saturated heterocycles. The second-order valence-corrected chi connectivity index (χ2v) is 8.93. The van der Waals surface area contributed by atoms with Crippen molar-refractivity contribution in [3.63, 3.8) is 0 Å². The number of aromatic nitrogens is 2. The first-order valence-electron chi connectivity index (χ1n) is 8.69. The topological polar surface area (TPSA) is 111 Å². The number of nitrogens with one attached hydrogen (secondary N) is 1. The number of rotatable bonds is 6. The zero-order valence-electron chi connectivity index (χ0n) is 15.3. The first kappa shape index (κ1) is 19.4. The fourth-order valence-electron chi connectivity index (χ4n) is 3.07. The number of aliphatic hydroxyl groups excluding tert-OH is 1. The predicted molar refractivity (Wildman–Crippen MR) is 101 cm³/mol. The van der Waals surface area contributed by atoms with Gasteiger partial charge < -0.3 is 15.2 Å². The Kier molecular flexibility index (Phi) is 5.52. The van der Waals surface area contributed by atoms with Crippen LogP contribution < -0.4 is 10.1 Å². The highest BCUT2D eigenvalue weighted by Gasteiger charge is 2.32. The lowest BCUT2D eigenvalue weighted by Crippen LogP contribution is -2.35.